The van der Waals surface area contributed by atoms with Gasteiger partial charge >= 0.3 is 29.8 Å². The van der Waals surface area contributed by atoms with Crippen LogP contribution in [0, 0.1) is 11.3 Å². The van der Waals surface area contributed by atoms with E-state index in [-0.39, 0.29) is 19.4 Å². The zero-order valence-electron chi connectivity index (χ0n) is 25.9. The van der Waals surface area contributed by atoms with Crippen molar-refractivity contribution in [1.82, 2.24) is 0 Å². The summed E-state index contributed by atoms with van der Waals surface area (Å²) in [5.41, 5.74) is -3.47. The zero-order chi connectivity index (χ0) is 33.2. The highest BCUT2D eigenvalue weighted by atomic mass is 16.8. The molecule has 3 aliphatic carbocycles. The first-order valence-corrected chi connectivity index (χ1v) is 14.9. The van der Waals surface area contributed by atoms with Crippen LogP contribution in [0.25, 0.3) is 0 Å². The van der Waals surface area contributed by atoms with Crippen molar-refractivity contribution in [2.45, 2.75) is 101 Å². The van der Waals surface area contributed by atoms with E-state index in [4.69, 9.17) is 42.6 Å². The van der Waals surface area contributed by atoms with Gasteiger partial charge < -0.3 is 47.7 Å². The van der Waals surface area contributed by atoms with Crippen LogP contribution in [0.4, 0.5) is 0 Å². The van der Waals surface area contributed by atoms with Gasteiger partial charge in [-0.3, -0.25) is 19.2 Å². The van der Waals surface area contributed by atoms with Crippen LogP contribution in [-0.2, 0) is 61.8 Å². The Balaban J connectivity index is 1.35. The van der Waals surface area contributed by atoms with Crippen molar-refractivity contribution in [3.05, 3.63) is 35.9 Å². The molecule has 4 heterocycles. The predicted octanol–water partition coefficient (Wildman–Crippen LogP) is 0.926. The van der Waals surface area contributed by atoms with Gasteiger partial charge in [-0.05, 0) is 25.5 Å². The van der Waals surface area contributed by atoms with Crippen LogP contribution < -0.4 is 0 Å². The van der Waals surface area contributed by atoms with Crippen molar-refractivity contribution in [3.8, 4) is 0 Å². The molecule has 11 atom stereocenters. The first-order chi connectivity index (χ1) is 21.7. The van der Waals surface area contributed by atoms with E-state index in [0.717, 1.165) is 13.8 Å². The number of rotatable bonds is 10. The van der Waals surface area contributed by atoms with Crippen LogP contribution in [0.15, 0.2) is 30.3 Å². The molecule has 0 unspecified atom stereocenters. The molecule has 6 bridgehead atoms. The van der Waals surface area contributed by atoms with Gasteiger partial charge in [0.05, 0.1) is 11.0 Å². The topological polar surface area (TPSA) is 189 Å². The summed E-state index contributed by atoms with van der Waals surface area (Å²) in [6, 6.07) is 8.35. The number of hydrogen-bond acceptors (Lipinski definition) is 15. The van der Waals surface area contributed by atoms with Crippen LogP contribution in [0.2, 0.25) is 0 Å². The van der Waals surface area contributed by atoms with Crippen LogP contribution >= 0.6 is 0 Å². The SMILES string of the molecule is CC(=O)OC[C@H]1O[C@@H](O[C@@]23C[C@H]4[C@@]5(OC(C)=O)C[C@]2(C)O[C@H](O5)[C@]43COC(=O)c2ccccc2)[C@H](O)[C@@H](OC(C)=O)[C@@H]1OC(C)=O. The number of benzene rings is 1. The van der Waals surface area contributed by atoms with Crippen LogP contribution in [0.1, 0.15) is 57.8 Å². The fourth-order valence-corrected chi connectivity index (χ4v) is 8.04. The second kappa shape index (κ2) is 11.3. The third-order valence-corrected chi connectivity index (χ3v) is 9.68. The van der Waals surface area contributed by atoms with E-state index in [1.165, 1.54) is 13.8 Å². The Morgan fingerprint density at radius 3 is 2.20 bits per heavy atom. The maximum absolute atomic E-state index is 13.1. The molecule has 15 heteroatoms. The fraction of sp³-hybridized carbons (Fsp3) is 0.645. The quantitative estimate of drug-likeness (QED) is 0.278. The number of ether oxygens (including phenoxy) is 9. The fourth-order valence-electron chi connectivity index (χ4n) is 8.04. The zero-order valence-corrected chi connectivity index (χ0v) is 25.9. The Kier molecular flexibility index (Phi) is 7.91. The van der Waals surface area contributed by atoms with Crippen LogP contribution in [0.5, 0.6) is 0 Å². The normalized spacial score (nSPS) is 41.2. The lowest BCUT2D eigenvalue weighted by Crippen LogP contribution is -2.81. The number of aliphatic hydroxyl groups excluding tert-OH is 1. The van der Waals surface area contributed by atoms with Crippen LogP contribution in [0.3, 0.4) is 0 Å². The van der Waals surface area contributed by atoms with E-state index in [9.17, 15) is 29.1 Å². The molecule has 4 aliphatic heterocycles. The van der Waals surface area contributed by atoms with E-state index >= 15 is 0 Å². The Bertz CT molecular complexity index is 1430. The molecule has 0 radical (unpaired) electrons. The maximum Gasteiger partial charge on any atom is 0.338 e. The summed E-state index contributed by atoms with van der Waals surface area (Å²) in [7, 11) is 0. The summed E-state index contributed by atoms with van der Waals surface area (Å²) >= 11 is 0. The van der Waals surface area contributed by atoms with Gasteiger partial charge in [0.2, 0.25) is 5.79 Å². The van der Waals surface area contributed by atoms with Crippen molar-refractivity contribution in [1.29, 1.82) is 0 Å². The van der Waals surface area contributed by atoms with E-state index in [1.54, 1.807) is 37.3 Å². The molecule has 4 saturated heterocycles. The van der Waals surface area contributed by atoms with E-state index < -0.39 is 102 Å². The lowest BCUT2D eigenvalue weighted by molar-refractivity contribution is -0.423. The second-order valence-corrected chi connectivity index (χ2v) is 12.5. The molecular weight excluding hydrogens is 612 g/mol. The molecule has 3 saturated carbocycles. The van der Waals surface area contributed by atoms with Gasteiger partial charge in [0.25, 0.3) is 0 Å². The number of carbonyl (C=O) groups is 5. The Morgan fingerprint density at radius 2 is 1.57 bits per heavy atom. The summed E-state index contributed by atoms with van der Waals surface area (Å²) in [6.07, 6.45) is -8.12. The highest BCUT2D eigenvalue weighted by Crippen LogP contribution is 2.82. The molecule has 8 rings (SSSR count). The van der Waals surface area contributed by atoms with Crippen LogP contribution in [-0.4, -0.2) is 102 Å². The minimum absolute atomic E-state index is 0.0538. The minimum atomic E-state index is -1.71. The van der Waals surface area contributed by atoms with E-state index in [1.807, 2.05) is 0 Å². The molecular formula is C31H36O15. The molecule has 0 aromatic heterocycles. The average molecular weight is 649 g/mol. The first kappa shape index (κ1) is 32.3. The lowest BCUT2D eigenvalue weighted by Gasteiger charge is -2.68. The Morgan fingerprint density at radius 1 is 0.891 bits per heavy atom. The standard InChI is InChI=1S/C31H36O15/c1-15(32)38-12-20-23(40-16(2)33)24(41-17(3)34)22(36)26(42-20)44-31-11-21-29(31,14-39-25(37)19-9-7-6-8-10-19)27-45-28(31,5)13-30(21,46-27)43-18(4)35/h6-10,20-24,26-27,36H,11-14H2,1-5H3/t20-,21-,22-,23-,24-,26+,27-,28+,29+,30-,31+/m1/s1. The minimum Gasteiger partial charge on any atom is -0.463 e. The summed E-state index contributed by atoms with van der Waals surface area (Å²) in [5, 5.41) is 11.5. The number of esters is 5. The predicted molar refractivity (Wildman–Crippen MR) is 147 cm³/mol. The first-order valence-electron chi connectivity index (χ1n) is 14.9. The lowest BCUT2D eigenvalue weighted by atomic mass is 9.41. The van der Waals surface area contributed by atoms with Crippen molar-refractivity contribution < 1.29 is 71.7 Å². The highest BCUT2D eigenvalue weighted by Gasteiger charge is 2.96. The Hall–Kier alpha value is -3.63. The molecule has 0 spiro atoms. The number of aliphatic hydroxyl groups is 1. The van der Waals surface area contributed by atoms with Crippen molar-refractivity contribution in [3.63, 3.8) is 0 Å². The van der Waals surface area contributed by atoms with Gasteiger partial charge in [0.1, 0.15) is 36.6 Å². The molecule has 7 aliphatic rings. The second-order valence-electron chi connectivity index (χ2n) is 12.5. The molecule has 250 valence electrons. The largest absolute Gasteiger partial charge is 0.463 e. The molecule has 1 N–H and O–H groups in total. The van der Waals surface area contributed by atoms with Gasteiger partial charge in [-0.25, -0.2) is 4.79 Å². The monoisotopic (exact) mass is 648 g/mol. The molecule has 46 heavy (non-hydrogen) atoms. The Labute approximate surface area is 263 Å². The van der Waals surface area contributed by atoms with Crippen molar-refractivity contribution >= 4 is 29.8 Å². The molecule has 1 aromatic rings. The average Bonchev–Trinajstić information content (AvgIpc) is 3.16. The van der Waals surface area contributed by atoms with Crippen molar-refractivity contribution in [2.75, 3.05) is 13.2 Å². The van der Waals surface area contributed by atoms with Gasteiger partial charge in [0.15, 0.2) is 24.8 Å². The summed E-state index contributed by atoms with van der Waals surface area (Å²) in [5.74, 6) is -5.30. The molecule has 15 nitrogen and oxygen atoms in total. The molecule has 1 aromatic carbocycles. The summed E-state index contributed by atoms with van der Waals surface area (Å²) < 4.78 is 53.0. The van der Waals surface area contributed by atoms with Gasteiger partial charge in [-0.2, -0.15) is 0 Å². The maximum atomic E-state index is 13.1. The third-order valence-electron chi connectivity index (χ3n) is 9.68. The number of carbonyl (C=O) groups excluding carboxylic acids is 5. The third kappa shape index (κ3) is 4.78. The number of hydrogen-bond donors (Lipinski definition) is 1. The van der Waals surface area contributed by atoms with Crippen molar-refractivity contribution in [2.24, 2.45) is 11.3 Å². The highest BCUT2D eigenvalue weighted by molar-refractivity contribution is 5.89. The van der Waals surface area contributed by atoms with Gasteiger partial charge in [-0.15, -0.1) is 0 Å². The van der Waals surface area contributed by atoms with E-state index in [2.05, 4.69) is 0 Å². The summed E-state index contributed by atoms with van der Waals surface area (Å²) in [4.78, 5) is 61.1. The molecule has 0 amide bonds. The smallest absolute Gasteiger partial charge is 0.338 e. The van der Waals surface area contributed by atoms with Gasteiger partial charge in [-0.1, -0.05) is 18.2 Å². The summed E-state index contributed by atoms with van der Waals surface area (Å²) in [6.45, 7) is 5.73. The van der Waals surface area contributed by atoms with E-state index in [0.29, 0.717) is 5.56 Å². The van der Waals surface area contributed by atoms with Gasteiger partial charge in [0, 0.05) is 40.0 Å². The molecule has 7 fully saturated rings.